The van der Waals surface area contributed by atoms with Gasteiger partial charge in [-0.2, -0.15) is 13.0 Å². The molecule has 0 heterocycles. The third-order valence-electron chi connectivity index (χ3n) is 0.586. The summed E-state index contributed by atoms with van der Waals surface area (Å²) in [5.74, 6) is 0. The molecule has 1 radical (unpaired) electrons. The van der Waals surface area contributed by atoms with Gasteiger partial charge in [0.25, 0.3) is 0 Å². The first-order valence-corrected chi connectivity index (χ1v) is 2.42. The summed E-state index contributed by atoms with van der Waals surface area (Å²) in [6.45, 7) is 5.00. The molecule has 1 aliphatic carbocycles. The SMILES string of the molecule is [C-]1=CC=CC1.[CH2-]C.[Cl-].[Cl-].[Cl-].[V]. The van der Waals surface area contributed by atoms with Gasteiger partial charge in [-0.05, 0) is 0 Å². The van der Waals surface area contributed by atoms with E-state index in [1.165, 1.54) is 0 Å². The van der Waals surface area contributed by atoms with Crippen LogP contribution < -0.4 is 37.2 Å². The summed E-state index contributed by atoms with van der Waals surface area (Å²) in [6.07, 6.45) is 10.0. The van der Waals surface area contributed by atoms with E-state index in [1.54, 1.807) is 6.92 Å². The normalized spacial score (nSPS) is 8.55. The maximum absolute atomic E-state index is 3.25. The second-order valence-electron chi connectivity index (χ2n) is 1.00. The fraction of sp³-hybridized carbons (Fsp3) is 0.286. The molecule has 69 valence electrons. The molecule has 0 N–H and O–H groups in total. The topological polar surface area (TPSA) is 0 Å². The van der Waals surface area contributed by atoms with Crippen molar-refractivity contribution in [3.8, 4) is 0 Å². The van der Waals surface area contributed by atoms with Crippen molar-refractivity contribution in [1.82, 2.24) is 0 Å². The van der Waals surface area contributed by atoms with Crippen LogP contribution in [-0.4, -0.2) is 0 Å². The molecule has 1 aliphatic rings. The van der Waals surface area contributed by atoms with Crippen molar-refractivity contribution < 1.29 is 55.8 Å². The largest absolute Gasteiger partial charge is 1.00 e. The van der Waals surface area contributed by atoms with Crippen molar-refractivity contribution in [2.45, 2.75) is 13.3 Å². The van der Waals surface area contributed by atoms with Crippen LogP contribution in [0.1, 0.15) is 13.3 Å². The van der Waals surface area contributed by atoms with Gasteiger partial charge in [0.05, 0.1) is 0 Å². The zero-order valence-corrected chi connectivity index (χ0v) is 9.89. The van der Waals surface area contributed by atoms with Gasteiger partial charge in [-0.15, -0.1) is 6.42 Å². The van der Waals surface area contributed by atoms with Crippen LogP contribution in [-0.2, 0) is 18.6 Å². The first-order valence-electron chi connectivity index (χ1n) is 2.42. The van der Waals surface area contributed by atoms with E-state index in [9.17, 15) is 0 Å². The van der Waals surface area contributed by atoms with Crippen molar-refractivity contribution in [2.24, 2.45) is 0 Å². The van der Waals surface area contributed by atoms with E-state index in [0.717, 1.165) is 6.42 Å². The van der Waals surface area contributed by atoms with Crippen molar-refractivity contribution in [3.63, 3.8) is 0 Å². The monoisotopic (exact) mass is 250 g/mol. The second kappa shape index (κ2) is 30.6. The van der Waals surface area contributed by atoms with Gasteiger partial charge in [0, 0.05) is 18.6 Å². The molecule has 0 saturated heterocycles. The molecule has 1 rings (SSSR count). The molecule has 0 spiro atoms. The van der Waals surface area contributed by atoms with Crippen LogP contribution >= 0.6 is 0 Å². The molecule has 0 saturated carbocycles. The van der Waals surface area contributed by atoms with Crippen molar-refractivity contribution in [2.75, 3.05) is 0 Å². The van der Waals surface area contributed by atoms with Crippen molar-refractivity contribution >= 4 is 0 Å². The Hall–Kier alpha value is 0.934. The van der Waals surface area contributed by atoms with E-state index < -0.39 is 0 Å². The molecule has 0 aromatic rings. The molecular weight excluding hydrogens is 241 g/mol. The van der Waals surface area contributed by atoms with Gasteiger partial charge in [0.2, 0.25) is 0 Å². The molecule has 0 nitrogen and oxygen atoms in total. The van der Waals surface area contributed by atoms with Gasteiger partial charge >= 0.3 is 0 Å². The minimum atomic E-state index is 0. The van der Waals surface area contributed by atoms with E-state index in [-0.39, 0.29) is 55.8 Å². The van der Waals surface area contributed by atoms with E-state index in [0.29, 0.717) is 0 Å². The maximum atomic E-state index is 3.25. The Morgan fingerprint density at radius 3 is 1.73 bits per heavy atom. The molecule has 0 amide bonds. The Bertz CT molecular complexity index is 71.8. The van der Waals surface area contributed by atoms with Crippen LogP contribution in [0.4, 0.5) is 0 Å². The Morgan fingerprint density at radius 1 is 1.18 bits per heavy atom. The van der Waals surface area contributed by atoms with Crippen LogP contribution in [0.5, 0.6) is 0 Å². The molecule has 0 aromatic heterocycles. The maximum Gasteiger partial charge on any atom is 0 e. The van der Waals surface area contributed by atoms with Crippen LogP contribution in [0.15, 0.2) is 18.2 Å². The van der Waals surface area contributed by atoms with Crippen molar-refractivity contribution in [3.05, 3.63) is 31.2 Å². The van der Waals surface area contributed by atoms with Crippen LogP contribution in [0, 0.1) is 13.0 Å². The average molecular weight is 251 g/mol. The molecule has 4 heteroatoms. The molecule has 0 aliphatic heterocycles. The van der Waals surface area contributed by atoms with Gasteiger partial charge in [0.15, 0.2) is 0 Å². The summed E-state index contributed by atoms with van der Waals surface area (Å²) in [6, 6.07) is 0. The Morgan fingerprint density at radius 2 is 1.64 bits per heavy atom. The smallest absolute Gasteiger partial charge is 0 e. The van der Waals surface area contributed by atoms with Gasteiger partial charge in [-0.25, -0.2) is 12.2 Å². The summed E-state index contributed by atoms with van der Waals surface area (Å²) in [4.78, 5) is 0. The number of halogens is 3. The predicted molar refractivity (Wildman–Crippen MR) is 32.6 cm³/mol. The molecule has 0 aromatic carbocycles. The summed E-state index contributed by atoms with van der Waals surface area (Å²) < 4.78 is 0. The fourth-order valence-corrected chi connectivity index (χ4v) is 0.340. The summed E-state index contributed by atoms with van der Waals surface area (Å²) in [7, 11) is 0. The average Bonchev–Trinajstić information content (AvgIpc) is 2.23. The van der Waals surface area contributed by atoms with Crippen LogP contribution in [0.3, 0.4) is 0 Å². The summed E-state index contributed by atoms with van der Waals surface area (Å²) in [5.41, 5.74) is 0. The standard InChI is InChI=1S/C5H5.C2H5.3ClH.V/c1-2-4-5-3-1;1-2;;;;/h1-3H,4H2;1H2,2H3;3*1H;/q2*-1;;;;/p-3. The van der Waals surface area contributed by atoms with Gasteiger partial charge in [-0.1, -0.05) is 0 Å². The number of hydrogen-bond acceptors (Lipinski definition) is 0. The number of allylic oxidation sites excluding steroid dienone is 4. The van der Waals surface area contributed by atoms with Crippen LogP contribution in [0.25, 0.3) is 0 Å². The Kier molecular flexibility index (Phi) is 82.7. The number of rotatable bonds is 0. The van der Waals surface area contributed by atoms with Gasteiger partial charge in [0.1, 0.15) is 0 Å². The zero-order chi connectivity index (χ0) is 5.54. The van der Waals surface area contributed by atoms with E-state index in [1.807, 2.05) is 12.2 Å². The summed E-state index contributed by atoms with van der Waals surface area (Å²) >= 11 is 0. The number of hydrogen-bond donors (Lipinski definition) is 0. The molecule has 11 heavy (non-hydrogen) atoms. The Labute approximate surface area is 100 Å². The first kappa shape index (κ1) is 29.7. The minimum absolute atomic E-state index is 0. The van der Waals surface area contributed by atoms with Gasteiger partial charge in [-0.3, -0.25) is 6.08 Å². The quantitative estimate of drug-likeness (QED) is 0.376. The Balaban J connectivity index is -0.0000000189. The predicted octanol–water partition coefficient (Wildman–Crippen LogP) is -6.84. The first-order chi connectivity index (χ1) is 3.50. The summed E-state index contributed by atoms with van der Waals surface area (Å²) in [5, 5.41) is 0. The van der Waals surface area contributed by atoms with Crippen LogP contribution in [0.2, 0.25) is 0 Å². The fourth-order valence-electron chi connectivity index (χ4n) is 0.340. The molecule has 0 atom stereocenters. The third kappa shape index (κ3) is 24.8. The van der Waals surface area contributed by atoms with Gasteiger partial charge < -0.3 is 44.1 Å². The minimum Gasteiger partial charge on any atom is -1.00 e. The zero-order valence-electron chi connectivity index (χ0n) is 6.23. The third-order valence-corrected chi connectivity index (χ3v) is 0.586. The molecule has 0 fully saturated rings. The van der Waals surface area contributed by atoms with Crippen molar-refractivity contribution in [1.29, 1.82) is 0 Å². The van der Waals surface area contributed by atoms with E-state index in [4.69, 9.17) is 0 Å². The van der Waals surface area contributed by atoms with E-state index in [2.05, 4.69) is 19.1 Å². The molecule has 0 unspecified atom stereocenters. The molecular formula is C7H10Cl3V-5. The van der Waals surface area contributed by atoms with E-state index >= 15 is 0 Å². The second-order valence-corrected chi connectivity index (χ2v) is 1.00. The molecule has 0 bridgehead atoms.